The lowest BCUT2D eigenvalue weighted by Crippen LogP contribution is -2.01. The van der Waals surface area contributed by atoms with Crippen molar-refractivity contribution in [2.45, 2.75) is 13.0 Å². The molecule has 0 aliphatic rings. The summed E-state index contributed by atoms with van der Waals surface area (Å²) in [5.74, 6) is 0. The van der Waals surface area contributed by atoms with Crippen LogP contribution in [0.15, 0.2) is 47.1 Å². The molecule has 3 nitrogen and oxygen atoms in total. The number of pyridine rings is 1. The van der Waals surface area contributed by atoms with Gasteiger partial charge in [-0.15, -0.1) is 0 Å². The van der Waals surface area contributed by atoms with Crippen LogP contribution in [0.5, 0.6) is 0 Å². The molecule has 0 aliphatic carbocycles. The number of nitrogen functional groups attached to an aromatic ring is 1. The monoisotopic (exact) mass is 306 g/mol. The standard InChI is InChI=1S/C14H15BrN2O/c15-14-9-12(16)5-4-11(14)10-18-8-6-13-3-1-2-7-17-13/h1-5,7,9H,6,8,10,16H2. The van der Waals surface area contributed by atoms with Crippen LogP contribution in [0, 0.1) is 0 Å². The van der Waals surface area contributed by atoms with E-state index in [0.29, 0.717) is 13.2 Å². The van der Waals surface area contributed by atoms with Crippen LogP contribution in [0.25, 0.3) is 0 Å². The van der Waals surface area contributed by atoms with Gasteiger partial charge in [0.1, 0.15) is 0 Å². The molecule has 0 unspecified atom stereocenters. The van der Waals surface area contributed by atoms with Gasteiger partial charge in [0.05, 0.1) is 13.2 Å². The molecule has 1 aromatic heterocycles. The van der Waals surface area contributed by atoms with Gasteiger partial charge in [-0.2, -0.15) is 0 Å². The largest absolute Gasteiger partial charge is 0.399 e. The summed E-state index contributed by atoms with van der Waals surface area (Å²) < 4.78 is 6.62. The summed E-state index contributed by atoms with van der Waals surface area (Å²) in [6.45, 7) is 1.24. The zero-order valence-corrected chi connectivity index (χ0v) is 11.6. The van der Waals surface area contributed by atoms with Gasteiger partial charge in [-0.25, -0.2) is 0 Å². The molecular weight excluding hydrogens is 292 g/mol. The van der Waals surface area contributed by atoms with Crippen molar-refractivity contribution in [1.82, 2.24) is 4.98 Å². The minimum absolute atomic E-state index is 0.577. The Morgan fingerprint density at radius 1 is 1.22 bits per heavy atom. The van der Waals surface area contributed by atoms with Gasteiger partial charge in [0.25, 0.3) is 0 Å². The summed E-state index contributed by atoms with van der Waals surface area (Å²) in [6, 6.07) is 11.6. The predicted molar refractivity (Wildman–Crippen MR) is 76.2 cm³/mol. The second kappa shape index (κ2) is 6.52. The molecule has 4 heteroatoms. The molecule has 0 atom stereocenters. The van der Waals surface area contributed by atoms with Crippen molar-refractivity contribution in [2.24, 2.45) is 0 Å². The fourth-order valence-corrected chi connectivity index (χ4v) is 2.10. The van der Waals surface area contributed by atoms with Crippen LogP contribution in [-0.2, 0) is 17.8 Å². The zero-order valence-electron chi connectivity index (χ0n) is 9.97. The summed E-state index contributed by atoms with van der Waals surface area (Å²) in [7, 11) is 0. The molecule has 0 saturated carbocycles. The maximum atomic E-state index is 5.68. The number of aromatic nitrogens is 1. The number of ether oxygens (including phenoxy) is 1. The third-order valence-corrected chi connectivity index (χ3v) is 3.30. The highest BCUT2D eigenvalue weighted by Gasteiger charge is 2.01. The Kier molecular flexibility index (Phi) is 4.73. The van der Waals surface area contributed by atoms with Crippen LogP contribution in [0.4, 0.5) is 5.69 Å². The Labute approximate surface area is 115 Å². The maximum absolute atomic E-state index is 5.68. The van der Waals surface area contributed by atoms with E-state index in [0.717, 1.165) is 27.8 Å². The maximum Gasteiger partial charge on any atom is 0.0727 e. The minimum atomic E-state index is 0.577. The lowest BCUT2D eigenvalue weighted by molar-refractivity contribution is 0.123. The summed E-state index contributed by atoms with van der Waals surface area (Å²) >= 11 is 3.47. The van der Waals surface area contributed by atoms with Crippen LogP contribution < -0.4 is 5.73 Å². The van der Waals surface area contributed by atoms with E-state index < -0.39 is 0 Å². The van der Waals surface area contributed by atoms with E-state index in [9.17, 15) is 0 Å². The third kappa shape index (κ3) is 3.82. The molecule has 94 valence electrons. The van der Waals surface area contributed by atoms with E-state index in [1.807, 2.05) is 36.4 Å². The molecule has 1 aromatic carbocycles. The SMILES string of the molecule is Nc1ccc(COCCc2ccccn2)c(Br)c1. The molecule has 2 N–H and O–H groups in total. The molecule has 0 aliphatic heterocycles. The van der Waals surface area contributed by atoms with E-state index in [4.69, 9.17) is 10.5 Å². The van der Waals surface area contributed by atoms with Gasteiger partial charge in [0.2, 0.25) is 0 Å². The molecule has 18 heavy (non-hydrogen) atoms. The molecule has 2 rings (SSSR count). The minimum Gasteiger partial charge on any atom is -0.399 e. The number of hydrogen-bond acceptors (Lipinski definition) is 3. The average molecular weight is 307 g/mol. The lowest BCUT2D eigenvalue weighted by Gasteiger charge is -2.07. The van der Waals surface area contributed by atoms with Crippen molar-refractivity contribution in [3.63, 3.8) is 0 Å². The average Bonchev–Trinajstić information content (AvgIpc) is 2.38. The number of nitrogens with zero attached hydrogens (tertiary/aromatic N) is 1. The Bertz CT molecular complexity index is 502. The summed E-state index contributed by atoms with van der Waals surface area (Å²) in [5.41, 5.74) is 8.58. The molecule has 0 saturated heterocycles. The highest BCUT2D eigenvalue weighted by atomic mass is 79.9. The van der Waals surface area contributed by atoms with Crippen molar-refractivity contribution in [1.29, 1.82) is 0 Å². The zero-order chi connectivity index (χ0) is 12.8. The fraction of sp³-hybridized carbons (Fsp3) is 0.214. The first-order valence-electron chi connectivity index (χ1n) is 5.77. The number of nitrogens with two attached hydrogens (primary N) is 1. The van der Waals surface area contributed by atoms with Crippen molar-refractivity contribution in [2.75, 3.05) is 12.3 Å². The van der Waals surface area contributed by atoms with Crippen molar-refractivity contribution in [3.8, 4) is 0 Å². The van der Waals surface area contributed by atoms with Gasteiger partial charge in [-0.1, -0.05) is 28.1 Å². The van der Waals surface area contributed by atoms with Crippen LogP contribution >= 0.6 is 15.9 Å². The molecule has 0 amide bonds. The Morgan fingerprint density at radius 2 is 2.11 bits per heavy atom. The van der Waals surface area contributed by atoms with Crippen molar-refractivity contribution in [3.05, 3.63) is 58.3 Å². The molecule has 1 heterocycles. The Morgan fingerprint density at radius 3 is 2.83 bits per heavy atom. The summed E-state index contributed by atoms with van der Waals surface area (Å²) in [4.78, 5) is 4.25. The van der Waals surface area contributed by atoms with Gasteiger partial charge in [-0.3, -0.25) is 4.98 Å². The van der Waals surface area contributed by atoms with E-state index in [-0.39, 0.29) is 0 Å². The Balaban J connectivity index is 1.79. The molecule has 2 aromatic rings. The molecular formula is C14H15BrN2O. The number of benzene rings is 1. The second-order valence-corrected chi connectivity index (χ2v) is 4.83. The number of rotatable bonds is 5. The summed E-state index contributed by atoms with van der Waals surface area (Å²) in [5, 5.41) is 0. The summed E-state index contributed by atoms with van der Waals surface area (Å²) in [6.07, 6.45) is 2.62. The first-order valence-corrected chi connectivity index (χ1v) is 6.56. The van der Waals surface area contributed by atoms with Crippen molar-refractivity contribution >= 4 is 21.6 Å². The number of anilines is 1. The highest BCUT2D eigenvalue weighted by molar-refractivity contribution is 9.10. The normalized spacial score (nSPS) is 10.5. The van der Waals surface area contributed by atoms with Crippen LogP contribution in [-0.4, -0.2) is 11.6 Å². The fourth-order valence-electron chi connectivity index (χ4n) is 1.59. The lowest BCUT2D eigenvalue weighted by atomic mass is 10.2. The van der Waals surface area contributed by atoms with Gasteiger partial charge >= 0.3 is 0 Å². The van der Waals surface area contributed by atoms with Gasteiger partial charge < -0.3 is 10.5 Å². The molecule has 0 fully saturated rings. The van der Waals surface area contributed by atoms with E-state index in [1.54, 1.807) is 6.20 Å². The predicted octanol–water partition coefficient (Wildman–Crippen LogP) is 3.19. The van der Waals surface area contributed by atoms with Gasteiger partial charge in [-0.05, 0) is 29.8 Å². The number of hydrogen-bond donors (Lipinski definition) is 1. The van der Waals surface area contributed by atoms with E-state index in [1.165, 1.54) is 0 Å². The first kappa shape index (κ1) is 13.1. The Hall–Kier alpha value is -1.39. The van der Waals surface area contributed by atoms with Gasteiger partial charge in [0.15, 0.2) is 0 Å². The molecule has 0 spiro atoms. The van der Waals surface area contributed by atoms with Crippen molar-refractivity contribution < 1.29 is 4.74 Å². The molecule has 0 bridgehead atoms. The van der Waals surface area contributed by atoms with Crippen LogP contribution in [0.1, 0.15) is 11.3 Å². The van der Waals surface area contributed by atoms with Crippen LogP contribution in [0.2, 0.25) is 0 Å². The molecule has 0 radical (unpaired) electrons. The van der Waals surface area contributed by atoms with E-state index >= 15 is 0 Å². The first-order chi connectivity index (χ1) is 8.75. The third-order valence-electron chi connectivity index (χ3n) is 2.56. The van der Waals surface area contributed by atoms with E-state index in [2.05, 4.69) is 20.9 Å². The quantitative estimate of drug-likeness (QED) is 0.682. The van der Waals surface area contributed by atoms with Crippen LogP contribution in [0.3, 0.4) is 0 Å². The number of halogens is 1. The highest BCUT2D eigenvalue weighted by Crippen LogP contribution is 2.20. The van der Waals surface area contributed by atoms with Gasteiger partial charge in [0, 0.05) is 28.5 Å². The topological polar surface area (TPSA) is 48.1 Å². The smallest absolute Gasteiger partial charge is 0.0727 e. The second-order valence-electron chi connectivity index (χ2n) is 3.97.